The first-order valence-electron chi connectivity index (χ1n) is 4.32. The molecule has 0 fully saturated rings. The molecule has 0 bridgehead atoms. The molecule has 12 heavy (non-hydrogen) atoms. The van der Waals surface area contributed by atoms with Gasteiger partial charge in [0.1, 0.15) is 0 Å². The van der Waals surface area contributed by atoms with Crippen molar-refractivity contribution in [2.75, 3.05) is 32.7 Å². The van der Waals surface area contributed by atoms with E-state index in [1.165, 1.54) is 5.06 Å². The van der Waals surface area contributed by atoms with Crippen molar-refractivity contribution < 1.29 is 10.4 Å². The fourth-order valence-electron chi connectivity index (χ4n) is 0.847. The summed E-state index contributed by atoms with van der Waals surface area (Å²) in [6.45, 7) is 5.32. The Morgan fingerprint density at radius 2 is 1.92 bits per heavy atom. The molecule has 74 valence electrons. The largest absolute Gasteiger partial charge is 0.317 e. The Morgan fingerprint density at radius 1 is 1.17 bits per heavy atom. The average Bonchev–Trinajstić information content (AvgIpc) is 2.05. The monoisotopic (exact) mass is 177 g/mol. The van der Waals surface area contributed by atoms with Gasteiger partial charge in [0.25, 0.3) is 0 Å². The molecule has 0 radical (unpaired) electrons. The maximum Gasteiger partial charge on any atom is 0.0363 e. The van der Waals surface area contributed by atoms with Crippen LogP contribution in [0.3, 0.4) is 0 Å². The molecule has 0 aromatic heterocycles. The van der Waals surface area contributed by atoms with Gasteiger partial charge in [-0.05, 0) is 6.42 Å². The van der Waals surface area contributed by atoms with Crippen molar-refractivity contribution in [3.05, 3.63) is 0 Å². The van der Waals surface area contributed by atoms with Crippen molar-refractivity contribution in [1.29, 1.82) is 0 Å². The van der Waals surface area contributed by atoms with E-state index >= 15 is 0 Å². The molecule has 0 unspecified atom stereocenters. The first kappa shape index (κ1) is 11.8. The summed E-state index contributed by atoms with van der Waals surface area (Å²) < 4.78 is 0. The average molecular weight is 177 g/mol. The normalized spacial score (nSPS) is 11.0. The summed E-state index contributed by atoms with van der Waals surface area (Å²) in [6.07, 6.45) is 0.953. The Morgan fingerprint density at radius 3 is 2.50 bits per heavy atom. The van der Waals surface area contributed by atoms with E-state index in [0.29, 0.717) is 26.2 Å². The van der Waals surface area contributed by atoms with E-state index in [4.69, 9.17) is 10.4 Å². The van der Waals surface area contributed by atoms with Gasteiger partial charge in [0, 0.05) is 32.7 Å². The van der Waals surface area contributed by atoms with E-state index in [9.17, 15) is 0 Å². The number of hydrogen-bond donors (Lipinski definition) is 4. The van der Waals surface area contributed by atoms with Crippen molar-refractivity contribution in [3.63, 3.8) is 0 Å². The predicted octanol–water partition coefficient (Wildman–Crippen LogP) is -0.344. The number of nitrogens with zero attached hydrogens (tertiary/aromatic N) is 1. The summed E-state index contributed by atoms with van der Waals surface area (Å²) in [7, 11) is 0. The summed E-state index contributed by atoms with van der Waals surface area (Å²) in [4.78, 5) is 0. The summed E-state index contributed by atoms with van der Waals surface area (Å²) >= 11 is 0. The van der Waals surface area contributed by atoms with Crippen LogP contribution in [0.15, 0.2) is 0 Å². The molecule has 5 nitrogen and oxygen atoms in total. The van der Waals surface area contributed by atoms with Crippen LogP contribution in [0.1, 0.15) is 13.3 Å². The molecule has 0 aliphatic heterocycles. The Bertz CT molecular complexity index is 92.7. The maximum atomic E-state index is 9.13. The molecule has 0 saturated heterocycles. The number of rotatable bonds is 8. The van der Waals surface area contributed by atoms with Crippen LogP contribution in [-0.4, -0.2) is 48.2 Å². The van der Waals surface area contributed by atoms with E-state index < -0.39 is 0 Å². The minimum absolute atomic E-state index is 0.527. The molecule has 0 heterocycles. The van der Waals surface area contributed by atoms with Crippen LogP contribution < -0.4 is 10.8 Å². The zero-order valence-corrected chi connectivity index (χ0v) is 7.58. The van der Waals surface area contributed by atoms with Crippen LogP contribution in [0.4, 0.5) is 0 Å². The lowest BCUT2D eigenvalue weighted by Crippen LogP contribution is -2.33. The maximum absolute atomic E-state index is 9.13. The van der Waals surface area contributed by atoms with Crippen LogP contribution in [0.25, 0.3) is 0 Å². The molecule has 0 saturated carbocycles. The van der Waals surface area contributed by atoms with Gasteiger partial charge in [-0.2, -0.15) is 5.06 Å². The first-order chi connectivity index (χ1) is 5.81. The van der Waals surface area contributed by atoms with Crippen molar-refractivity contribution in [2.24, 2.45) is 0 Å². The molecule has 5 heteroatoms. The van der Waals surface area contributed by atoms with Crippen molar-refractivity contribution in [3.8, 4) is 0 Å². The van der Waals surface area contributed by atoms with Gasteiger partial charge >= 0.3 is 0 Å². The lowest BCUT2D eigenvalue weighted by molar-refractivity contribution is -0.0888. The number of hydroxylamine groups is 3. The van der Waals surface area contributed by atoms with Gasteiger partial charge < -0.3 is 15.7 Å². The van der Waals surface area contributed by atoms with E-state index in [0.717, 1.165) is 13.0 Å². The zero-order valence-electron chi connectivity index (χ0n) is 7.58. The molecule has 0 aliphatic carbocycles. The molecule has 0 aromatic rings. The highest BCUT2D eigenvalue weighted by molar-refractivity contribution is 4.50. The third-order valence-corrected chi connectivity index (χ3v) is 1.44. The van der Waals surface area contributed by atoms with Gasteiger partial charge in [-0.1, -0.05) is 6.92 Å². The molecular weight excluding hydrogens is 158 g/mol. The second-order valence-corrected chi connectivity index (χ2v) is 2.61. The second-order valence-electron chi connectivity index (χ2n) is 2.61. The number of nitrogens with one attached hydrogen (secondary N) is 2. The van der Waals surface area contributed by atoms with Crippen molar-refractivity contribution in [2.45, 2.75) is 13.3 Å². The lowest BCUT2D eigenvalue weighted by Gasteiger charge is -2.13. The summed E-state index contributed by atoms with van der Waals surface area (Å²) in [5.74, 6) is 0. The first-order valence-corrected chi connectivity index (χ1v) is 4.32. The molecule has 0 spiro atoms. The Hall–Kier alpha value is -0.200. The van der Waals surface area contributed by atoms with Crippen LogP contribution in [0.5, 0.6) is 0 Å². The Kier molecular flexibility index (Phi) is 8.74. The van der Waals surface area contributed by atoms with E-state index in [2.05, 4.69) is 5.32 Å². The van der Waals surface area contributed by atoms with Gasteiger partial charge in [-0.25, -0.2) is 5.48 Å². The standard InChI is InChI=1S/C7H19N3O2/c1-2-6-10(12)7-5-8-3-4-9-11/h8-9,11-12H,2-7H2,1H3. The predicted molar refractivity (Wildman–Crippen MR) is 46.3 cm³/mol. The number of hydrogen-bond acceptors (Lipinski definition) is 5. The molecular formula is C7H19N3O2. The molecule has 0 rings (SSSR count). The van der Waals surface area contributed by atoms with E-state index in [-0.39, 0.29) is 0 Å². The SMILES string of the molecule is CCCN(O)CCNCCNO. The second kappa shape index (κ2) is 8.89. The molecule has 4 N–H and O–H groups in total. The fourth-order valence-corrected chi connectivity index (χ4v) is 0.847. The third-order valence-electron chi connectivity index (χ3n) is 1.44. The topological polar surface area (TPSA) is 67.8 Å². The van der Waals surface area contributed by atoms with Gasteiger partial charge in [-0.15, -0.1) is 0 Å². The third kappa shape index (κ3) is 7.90. The van der Waals surface area contributed by atoms with Crippen molar-refractivity contribution >= 4 is 0 Å². The summed E-state index contributed by atoms with van der Waals surface area (Å²) in [5.41, 5.74) is 2.04. The van der Waals surface area contributed by atoms with Crippen LogP contribution in [0, 0.1) is 0 Å². The molecule has 0 aliphatic rings. The highest BCUT2D eigenvalue weighted by atomic mass is 16.5. The fraction of sp³-hybridized carbons (Fsp3) is 1.00. The molecule has 0 aromatic carbocycles. The summed E-state index contributed by atoms with van der Waals surface area (Å²) in [5, 5.41) is 21.7. The quantitative estimate of drug-likeness (QED) is 0.301. The minimum Gasteiger partial charge on any atom is -0.317 e. The minimum atomic E-state index is 0.527. The van der Waals surface area contributed by atoms with Crippen molar-refractivity contribution in [1.82, 2.24) is 15.9 Å². The Labute approximate surface area is 73.3 Å². The van der Waals surface area contributed by atoms with Crippen LogP contribution in [0.2, 0.25) is 0 Å². The highest BCUT2D eigenvalue weighted by Gasteiger charge is 1.96. The summed E-state index contributed by atoms with van der Waals surface area (Å²) in [6, 6.07) is 0. The van der Waals surface area contributed by atoms with E-state index in [1.54, 1.807) is 0 Å². The van der Waals surface area contributed by atoms with Gasteiger partial charge in [0.2, 0.25) is 0 Å². The molecule has 0 amide bonds. The van der Waals surface area contributed by atoms with Crippen LogP contribution >= 0.6 is 0 Å². The van der Waals surface area contributed by atoms with Crippen LogP contribution in [-0.2, 0) is 0 Å². The molecule has 0 atom stereocenters. The zero-order chi connectivity index (χ0) is 9.23. The Balaban J connectivity index is 2.97. The van der Waals surface area contributed by atoms with Gasteiger partial charge in [-0.3, -0.25) is 0 Å². The smallest absolute Gasteiger partial charge is 0.0363 e. The van der Waals surface area contributed by atoms with E-state index in [1.807, 2.05) is 12.4 Å². The highest BCUT2D eigenvalue weighted by Crippen LogP contribution is 1.82. The van der Waals surface area contributed by atoms with Gasteiger partial charge in [0.15, 0.2) is 0 Å². The van der Waals surface area contributed by atoms with Gasteiger partial charge in [0.05, 0.1) is 0 Å². The lowest BCUT2D eigenvalue weighted by atomic mass is 10.4.